The molecule has 4 nitrogen and oxygen atoms in total. The van der Waals surface area contributed by atoms with E-state index in [1.54, 1.807) is 0 Å². The molecule has 4 heteroatoms. The summed E-state index contributed by atoms with van der Waals surface area (Å²) < 4.78 is 0. The summed E-state index contributed by atoms with van der Waals surface area (Å²) in [6.07, 6.45) is 3.77. The van der Waals surface area contributed by atoms with E-state index < -0.39 is 6.03 Å². The Morgan fingerprint density at radius 2 is 2.17 bits per heavy atom. The maximum atomic E-state index is 11.2. The van der Waals surface area contributed by atoms with Crippen LogP contribution in [0.4, 0.5) is 4.79 Å². The minimum atomic E-state index is -0.492. The van der Waals surface area contributed by atoms with E-state index in [0.29, 0.717) is 0 Å². The maximum Gasteiger partial charge on any atom is 0.347 e. The fraction of sp³-hybridized carbons (Fsp3) is 0.625. The smallest absolute Gasteiger partial charge is 0.276 e. The summed E-state index contributed by atoms with van der Waals surface area (Å²) in [5.74, 6) is -0.277. The lowest BCUT2D eigenvalue weighted by Crippen LogP contribution is -2.44. The number of carbonyl (C=O) groups is 2. The fourth-order valence-corrected chi connectivity index (χ4v) is 1.76. The first-order valence-corrected chi connectivity index (χ1v) is 4.19. The van der Waals surface area contributed by atoms with Crippen molar-refractivity contribution in [3.8, 4) is 0 Å². The third kappa shape index (κ3) is 1.13. The van der Waals surface area contributed by atoms with Crippen LogP contribution in [0.1, 0.15) is 25.7 Å². The van der Waals surface area contributed by atoms with Gasteiger partial charge < -0.3 is 0 Å². The van der Waals surface area contributed by atoms with Crippen LogP contribution >= 0.6 is 0 Å². The number of amides is 3. The van der Waals surface area contributed by atoms with Crippen LogP contribution < -0.4 is 5.32 Å². The Morgan fingerprint density at radius 3 is 3.00 bits per heavy atom. The summed E-state index contributed by atoms with van der Waals surface area (Å²) in [7, 11) is 0. The predicted octanol–water partition coefficient (Wildman–Crippen LogP) is 0.867. The number of fused-ring (bicyclic) bond motifs is 1. The minimum Gasteiger partial charge on any atom is -0.276 e. The van der Waals surface area contributed by atoms with Gasteiger partial charge in [-0.05, 0) is 19.3 Å². The van der Waals surface area contributed by atoms with Gasteiger partial charge in [0.1, 0.15) is 0 Å². The molecule has 1 aliphatic heterocycles. The van der Waals surface area contributed by atoms with E-state index in [2.05, 4.69) is 10.3 Å². The number of rotatable bonds is 0. The summed E-state index contributed by atoms with van der Waals surface area (Å²) in [4.78, 5) is 25.8. The van der Waals surface area contributed by atoms with Crippen molar-refractivity contribution < 1.29 is 9.59 Å². The van der Waals surface area contributed by atoms with Crippen LogP contribution in [0.5, 0.6) is 0 Å². The largest absolute Gasteiger partial charge is 0.347 e. The lowest BCUT2D eigenvalue weighted by Gasteiger charge is -2.25. The summed E-state index contributed by atoms with van der Waals surface area (Å²) in [5.41, 5.74) is 0.787. The molecule has 2 rings (SSSR count). The third-order valence-electron chi connectivity index (χ3n) is 2.37. The number of hydrogen-bond donors (Lipinski definition) is 1. The summed E-state index contributed by atoms with van der Waals surface area (Å²) in [5, 5.41) is 2.21. The lowest BCUT2D eigenvalue weighted by molar-refractivity contribution is -0.122. The van der Waals surface area contributed by atoms with E-state index in [9.17, 15) is 9.59 Å². The molecule has 0 aromatic carbocycles. The second-order valence-corrected chi connectivity index (χ2v) is 3.20. The van der Waals surface area contributed by atoms with Crippen LogP contribution in [0.3, 0.4) is 0 Å². The van der Waals surface area contributed by atoms with Crippen LogP contribution in [0, 0.1) is 5.92 Å². The molecule has 64 valence electrons. The molecule has 1 saturated carbocycles. The molecule has 1 atom stereocenters. The zero-order chi connectivity index (χ0) is 8.55. The van der Waals surface area contributed by atoms with E-state index in [0.717, 1.165) is 31.4 Å². The van der Waals surface area contributed by atoms with Gasteiger partial charge in [-0.2, -0.15) is 0 Å². The van der Waals surface area contributed by atoms with Gasteiger partial charge >= 0.3 is 6.03 Å². The average molecular weight is 166 g/mol. The standard InChI is InChI=1S/C8H10N2O2/c11-7-5-3-1-2-4-6(5)9-8(12)10-7/h5H,1-4H2,(H,10,11,12). The Balaban J connectivity index is 2.28. The zero-order valence-corrected chi connectivity index (χ0v) is 6.67. The highest BCUT2D eigenvalue weighted by molar-refractivity contribution is 6.16. The monoisotopic (exact) mass is 166 g/mol. The summed E-state index contributed by atoms with van der Waals surface area (Å²) in [6.45, 7) is 0. The van der Waals surface area contributed by atoms with Gasteiger partial charge in [0.25, 0.3) is 0 Å². The molecule has 1 aliphatic carbocycles. The second-order valence-electron chi connectivity index (χ2n) is 3.20. The number of hydrogen-bond acceptors (Lipinski definition) is 2. The highest BCUT2D eigenvalue weighted by Gasteiger charge is 2.32. The Kier molecular flexibility index (Phi) is 1.67. The number of urea groups is 1. The molecule has 1 unspecified atom stereocenters. The molecule has 0 aromatic heterocycles. The molecular formula is C8H10N2O2. The zero-order valence-electron chi connectivity index (χ0n) is 6.67. The number of aliphatic imine (C=N–C) groups is 1. The van der Waals surface area contributed by atoms with Gasteiger partial charge in [0, 0.05) is 5.71 Å². The van der Waals surface area contributed by atoms with Crippen molar-refractivity contribution in [2.24, 2.45) is 10.9 Å². The van der Waals surface area contributed by atoms with E-state index in [-0.39, 0.29) is 11.8 Å². The van der Waals surface area contributed by atoms with Gasteiger partial charge in [-0.25, -0.2) is 9.79 Å². The van der Waals surface area contributed by atoms with Gasteiger partial charge in [-0.15, -0.1) is 0 Å². The normalized spacial score (nSPS) is 29.0. The quantitative estimate of drug-likeness (QED) is 0.580. The van der Waals surface area contributed by atoms with Crippen molar-refractivity contribution in [1.82, 2.24) is 5.32 Å². The first kappa shape index (κ1) is 7.46. The van der Waals surface area contributed by atoms with Crippen molar-refractivity contribution in [3.05, 3.63) is 0 Å². The van der Waals surface area contributed by atoms with Crippen LogP contribution in [-0.2, 0) is 4.79 Å². The number of imide groups is 1. The lowest BCUT2D eigenvalue weighted by atomic mass is 9.86. The third-order valence-corrected chi connectivity index (χ3v) is 2.37. The molecular weight excluding hydrogens is 156 g/mol. The minimum absolute atomic E-state index is 0.114. The Morgan fingerprint density at radius 1 is 1.33 bits per heavy atom. The molecule has 1 N–H and O–H groups in total. The van der Waals surface area contributed by atoms with E-state index in [4.69, 9.17) is 0 Å². The van der Waals surface area contributed by atoms with Gasteiger partial charge in [-0.1, -0.05) is 6.42 Å². The molecule has 1 heterocycles. The van der Waals surface area contributed by atoms with Crippen LogP contribution in [-0.4, -0.2) is 17.6 Å². The van der Waals surface area contributed by atoms with Crippen molar-refractivity contribution in [3.63, 3.8) is 0 Å². The van der Waals surface area contributed by atoms with Gasteiger partial charge in [0.2, 0.25) is 5.91 Å². The molecule has 12 heavy (non-hydrogen) atoms. The van der Waals surface area contributed by atoms with Crippen molar-refractivity contribution in [2.75, 3.05) is 0 Å². The fourth-order valence-electron chi connectivity index (χ4n) is 1.76. The predicted molar refractivity (Wildman–Crippen MR) is 42.9 cm³/mol. The Hall–Kier alpha value is -1.19. The highest BCUT2D eigenvalue weighted by Crippen LogP contribution is 2.23. The molecule has 1 fully saturated rings. The number of carbonyl (C=O) groups excluding carboxylic acids is 2. The van der Waals surface area contributed by atoms with Gasteiger partial charge in [-0.3, -0.25) is 10.1 Å². The number of nitrogens with zero attached hydrogens (tertiary/aromatic N) is 1. The van der Waals surface area contributed by atoms with E-state index in [1.165, 1.54) is 0 Å². The van der Waals surface area contributed by atoms with Gasteiger partial charge in [0.15, 0.2) is 0 Å². The van der Waals surface area contributed by atoms with Crippen LogP contribution in [0.2, 0.25) is 0 Å². The van der Waals surface area contributed by atoms with E-state index in [1.807, 2.05) is 0 Å². The van der Waals surface area contributed by atoms with E-state index >= 15 is 0 Å². The number of nitrogens with one attached hydrogen (secondary N) is 1. The first-order chi connectivity index (χ1) is 5.77. The van der Waals surface area contributed by atoms with Crippen molar-refractivity contribution in [2.45, 2.75) is 25.7 Å². The van der Waals surface area contributed by atoms with Crippen molar-refractivity contribution in [1.29, 1.82) is 0 Å². The molecule has 3 amide bonds. The average Bonchev–Trinajstić information content (AvgIpc) is 2.04. The molecule has 0 saturated heterocycles. The SMILES string of the molecule is O=C1N=C2CCCCC2C(=O)N1. The first-order valence-electron chi connectivity index (χ1n) is 4.19. The highest BCUT2D eigenvalue weighted by atomic mass is 16.2. The maximum absolute atomic E-state index is 11.2. The summed E-state index contributed by atoms with van der Waals surface area (Å²) >= 11 is 0. The molecule has 0 radical (unpaired) electrons. The summed E-state index contributed by atoms with van der Waals surface area (Å²) in [6, 6.07) is -0.492. The molecule has 0 bridgehead atoms. The van der Waals surface area contributed by atoms with Gasteiger partial charge in [0.05, 0.1) is 5.92 Å². The van der Waals surface area contributed by atoms with Crippen LogP contribution in [0.15, 0.2) is 4.99 Å². The topological polar surface area (TPSA) is 58.5 Å². The second kappa shape index (κ2) is 2.69. The Labute approximate surface area is 70.1 Å². The molecule has 0 aromatic rings. The van der Waals surface area contributed by atoms with Crippen molar-refractivity contribution >= 4 is 17.6 Å². The molecule has 0 spiro atoms. The Bertz CT molecular complexity index is 270. The molecule has 2 aliphatic rings. The van der Waals surface area contributed by atoms with Crippen LogP contribution in [0.25, 0.3) is 0 Å².